The molecule has 4 nitrogen and oxygen atoms in total. The van der Waals surface area contributed by atoms with Crippen molar-refractivity contribution in [3.8, 4) is 0 Å². The number of carbonyl (C=O) groups is 1. The zero-order chi connectivity index (χ0) is 15.2. The van der Waals surface area contributed by atoms with Crippen molar-refractivity contribution in [2.45, 2.75) is 31.6 Å². The largest absolute Gasteiger partial charge is 0.353 e. The molecule has 1 N–H and O–H groups in total. The molecule has 0 aliphatic heterocycles. The molecule has 0 atom stereocenters. The van der Waals surface area contributed by atoms with Crippen LogP contribution in [0.3, 0.4) is 0 Å². The van der Waals surface area contributed by atoms with Crippen molar-refractivity contribution >= 4 is 17.7 Å². The number of carbonyl (C=O) groups excluding carboxylic acids is 1. The van der Waals surface area contributed by atoms with E-state index < -0.39 is 0 Å². The maximum atomic E-state index is 12.9. The molecule has 1 aromatic carbocycles. The van der Waals surface area contributed by atoms with Crippen molar-refractivity contribution in [3.63, 3.8) is 0 Å². The second-order valence-electron chi connectivity index (χ2n) is 4.98. The van der Waals surface area contributed by atoms with E-state index in [2.05, 4.69) is 10.3 Å². The van der Waals surface area contributed by atoms with Gasteiger partial charge in [-0.2, -0.15) is 0 Å². The maximum Gasteiger partial charge on any atom is 0.230 e. The molecule has 1 heterocycles. The molecule has 2 rings (SSSR count). The number of halogens is 1. The molecule has 0 saturated carbocycles. The van der Waals surface area contributed by atoms with Crippen LogP contribution in [0.5, 0.6) is 0 Å². The summed E-state index contributed by atoms with van der Waals surface area (Å²) < 4.78 is 14.8. The third kappa shape index (κ3) is 4.90. The van der Waals surface area contributed by atoms with Crippen molar-refractivity contribution in [1.82, 2.24) is 14.9 Å². The normalized spacial score (nSPS) is 10.9. The van der Waals surface area contributed by atoms with Crippen LogP contribution < -0.4 is 5.32 Å². The van der Waals surface area contributed by atoms with Gasteiger partial charge in [-0.25, -0.2) is 9.37 Å². The highest BCUT2D eigenvalue weighted by molar-refractivity contribution is 7.99. The third-order valence-electron chi connectivity index (χ3n) is 2.73. The molecule has 0 radical (unpaired) electrons. The summed E-state index contributed by atoms with van der Waals surface area (Å²) in [6, 6.07) is 6.51. The van der Waals surface area contributed by atoms with E-state index in [4.69, 9.17) is 0 Å². The first-order chi connectivity index (χ1) is 10.0. The number of nitrogens with zero attached hydrogens (tertiary/aromatic N) is 2. The van der Waals surface area contributed by atoms with E-state index >= 15 is 0 Å². The molecular formula is C15H18FN3OS. The molecule has 112 valence electrons. The molecule has 0 aliphatic carbocycles. The van der Waals surface area contributed by atoms with E-state index in [0.717, 1.165) is 10.7 Å². The van der Waals surface area contributed by atoms with Crippen molar-refractivity contribution in [1.29, 1.82) is 0 Å². The van der Waals surface area contributed by atoms with E-state index in [0.29, 0.717) is 12.3 Å². The summed E-state index contributed by atoms with van der Waals surface area (Å²) in [5, 5.41) is 3.62. The van der Waals surface area contributed by atoms with Crippen molar-refractivity contribution < 1.29 is 9.18 Å². The molecule has 2 aromatic rings. The van der Waals surface area contributed by atoms with Gasteiger partial charge >= 0.3 is 0 Å². The van der Waals surface area contributed by atoms with E-state index in [1.54, 1.807) is 18.3 Å². The van der Waals surface area contributed by atoms with Crippen LogP contribution in [0.2, 0.25) is 0 Å². The minimum atomic E-state index is -0.246. The lowest BCUT2D eigenvalue weighted by molar-refractivity contribution is -0.119. The number of thioether (sulfide) groups is 1. The molecule has 21 heavy (non-hydrogen) atoms. The summed E-state index contributed by atoms with van der Waals surface area (Å²) in [6.45, 7) is 4.46. The Bertz CT molecular complexity index is 595. The number of benzene rings is 1. The summed E-state index contributed by atoms with van der Waals surface area (Å²) in [5.41, 5.74) is 0.989. The van der Waals surface area contributed by atoms with Crippen LogP contribution in [0.25, 0.3) is 0 Å². The highest BCUT2D eigenvalue weighted by atomic mass is 32.2. The number of rotatable bonds is 6. The Kier molecular flexibility index (Phi) is 5.38. The number of hydrogen-bond acceptors (Lipinski definition) is 3. The van der Waals surface area contributed by atoms with Gasteiger partial charge in [0.1, 0.15) is 5.82 Å². The quantitative estimate of drug-likeness (QED) is 0.835. The van der Waals surface area contributed by atoms with Gasteiger partial charge in [0.15, 0.2) is 5.16 Å². The Labute approximate surface area is 127 Å². The highest BCUT2D eigenvalue weighted by Gasteiger charge is 2.09. The summed E-state index contributed by atoms with van der Waals surface area (Å²) in [5.74, 6) is 0.0779. The van der Waals surface area contributed by atoms with Crippen molar-refractivity contribution in [3.05, 3.63) is 48.0 Å². The minimum Gasteiger partial charge on any atom is -0.353 e. The fourth-order valence-electron chi connectivity index (χ4n) is 1.84. The molecule has 0 unspecified atom stereocenters. The number of hydrogen-bond donors (Lipinski definition) is 1. The Hall–Kier alpha value is -1.82. The van der Waals surface area contributed by atoms with E-state index in [1.807, 2.05) is 24.6 Å². The van der Waals surface area contributed by atoms with Crippen LogP contribution in [0, 0.1) is 5.82 Å². The Balaban J connectivity index is 1.95. The topological polar surface area (TPSA) is 46.9 Å². The second kappa shape index (κ2) is 7.26. The SMILES string of the molecule is CC(C)NC(=O)CSc1nccn1Cc1ccc(F)cc1. The van der Waals surface area contributed by atoms with Gasteiger partial charge in [0.2, 0.25) is 5.91 Å². The number of amides is 1. The number of nitrogens with one attached hydrogen (secondary N) is 1. The molecule has 0 bridgehead atoms. The molecule has 0 spiro atoms. The first-order valence-corrected chi connectivity index (χ1v) is 7.71. The zero-order valence-corrected chi connectivity index (χ0v) is 12.9. The van der Waals surface area contributed by atoms with Gasteiger partial charge in [0.05, 0.1) is 5.75 Å². The van der Waals surface area contributed by atoms with Crippen LogP contribution in [0.15, 0.2) is 41.8 Å². The fraction of sp³-hybridized carbons (Fsp3) is 0.333. The van der Waals surface area contributed by atoms with E-state index in [1.165, 1.54) is 23.9 Å². The second-order valence-corrected chi connectivity index (χ2v) is 5.92. The standard InChI is InChI=1S/C15H18FN3OS/c1-11(2)18-14(20)10-21-15-17-7-8-19(15)9-12-3-5-13(16)6-4-12/h3-8,11H,9-10H2,1-2H3,(H,18,20). The monoisotopic (exact) mass is 307 g/mol. The fourth-order valence-corrected chi connectivity index (χ4v) is 2.61. The molecule has 6 heteroatoms. The third-order valence-corrected chi connectivity index (χ3v) is 3.73. The minimum absolute atomic E-state index is 0.00803. The summed E-state index contributed by atoms with van der Waals surface area (Å²) >= 11 is 1.39. The van der Waals surface area contributed by atoms with Crippen LogP contribution in [-0.2, 0) is 11.3 Å². The number of aromatic nitrogens is 2. The van der Waals surface area contributed by atoms with Gasteiger partial charge in [0.25, 0.3) is 0 Å². The predicted octanol–water partition coefficient (Wildman–Crippen LogP) is 2.69. The van der Waals surface area contributed by atoms with Crippen molar-refractivity contribution in [2.75, 3.05) is 5.75 Å². The number of imidazole rings is 1. The Morgan fingerprint density at radius 1 is 1.38 bits per heavy atom. The summed E-state index contributed by atoms with van der Waals surface area (Å²) in [4.78, 5) is 15.9. The molecule has 0 fully saturated rings. The molecule has 0 aliphatic rings. The smallest absolute Gasteiger partial charge is 0.230 e. The first kappa shape index (κ1) is 15.6. The highest BCUT2D eigenvalue weighted by Crippen LogP contribution is 2.17. The summed E-state index contributed by atoms with van der Waals surface area (Å²) in [7, 11) is 0. The maximum absolute atomic E-state index is 12.9. The lowest BCUT2D eigenvalue weighted by Crippen LogP contribution is -2.31. The zero-order valence-electron chi connectivity index (χ0n) is 12.0. The molecular weight excluding hydrogens is 289 g/mol. The molecule has 1 aromatic heterocycles. The Morgan fingerprint density at radius 2 is 2.10 bits per heavy atom. The van der Waals surface area contributed by atoms with Crippen LogP contribution >= 0.6 is 11.8 Å². The van der Waals surface area contributed by atoms with E-state index in [-0.39, 0.29) is 17.8 Å². The summed E-state index contributed by atoms with van der Waals surface area (Å²) in [6.07, 6.45) is 3.55. The van der Waals surface area contributed by atoms with Gasteiger partial charge < -0.3 is 9.88 Å². The average molecular weight is 307 g/mol. The Morgan fingerprint density at radius 3 is 2.76 bits per heavy atom. The van der Waals surface area contributed by atoms with Gasteiger partial charge in [-0.05, 0) is 31.5 Å². The van der Waals surface area contributed by atoms with Gasteiger partial charge in [-0.15, -0.1) is 0 Å². The molecule has 0 saturated heterocycles. The average Bonchev–Trinajstić information content (AvgIpc) is 2.86. The van der Waals surface area contributed by atoms with Gasteiger partial charge in [-0.1, -0.05) is 23.9 Å². The van der Waals surface area contributed by atoms with Crippen molar-refractivity contribution in [2.24, 2.45) is 0 Å². The van der Waals surface area contributed by atoms with Crippen LogP contribution in [0.1, 0.15) is 19.4 Å². The van der Waals surface area contributed by atoms with Gasteiger partial charge in [-0.3, -0.25) is 4.79 Å². The lowest BCUT2D eigenvalue weighted by atomic mass is 10.2. The predicted molar refractivity (Wildman–Crippen MR) is 81.7 cm³/mol. The molecule has 1 amide bonds. The van der Waals surface area contributed by atoms with Crippen LogP contribution in [-0.4, -0.2) is 27.3 Å². The van der Waals surface area contributed by atoms with Gasteiger partial charge in [0, 0.05) is 25.0 Å². The first-order valence-electron chi connectivity index (χ1n) is 6.72. The van der Waals surface area contributed by atoms with Crippen LogP contribution in [0.4, 0.5) is 4.39 Å². The van der Waals surface area contributed by atoms with E-state index in [9.17, 15) is 9.18 Å². The lowest BCUT2D eigenvalue weighted by Gasteiger charge is -2.09.